The summed E-state index contributed by atoms with van der Waals surface area (Å²) < 4.78 is 0. The van der Waals surface area contributed by atoms with Gasteiger partial charge in [-0.15, -0.1) is 0 Å². The van der Waals surface area contributed by atoms with Gasteiger partial charge in [0.1, 0.15) is 0 Å². The first-order valence-electron chi connectivity index (χ1n) is 5.89. The van der Waals surface area contributed by atoms with Gasteiger partial charge in [0.15, 0.2) is 0 Å². The van der Waals surface area contributed by atoms with Gasteiger partial charge >= 0.3 is 0 Å². The van der Waals surface area contributed by atoms with E-state index in [1.165, 1.54) is 11.1 Å². The molecule has 0 aliphatic rings. The minimum Gasteiger partial charge on any atom is -0.381 e. The molecule has 1 rings (SSSR count). The fraction of sp³-hybridized carbons (Fsp3) is 0.571. The summed E-state index contributed by atoms with van der Waals surface area (Å²) in [5.41, 5.74) is 2.73. The van der Waals surface area contributed by atoms with E-state index in [9.17, 15) is 0 Å². The summed E-state index contributed by atoms with van der Waals surface area (Å²) in [6.45, 7) is 9.58. The number of nitrogens with one attached hydrogen (secondary N) is 1. The minimum atomic E-state index is 0.0352. The van der Waals surface area contributed by atoms with E-state index in [0.717, 1.165) is 6.54 Å². The lowest BCUT2D eigenvalue weighted by atomic mass is 9.83. The summed E-state index contributed by atoms with van der Waals surface area (Å²) in [6.07, 6.45) is 0. The van der Waals surface area contributed by atoms with Gasteiger partial charge in [0.2, 0.25) is 0 Å². The predicted molar refractivity (Wildman–Crippen MR) is 68.6 cm³/mol. The van der Waals surface area contributed by atoms with Gasteiger partial charge in [-0.3, -0.25) is 5.32 Å². The third-order valence-electron chi connectivity index (χ3n) is 3.04. The maximum absolute atomic E-state index is 8.78. The van der Waals surface area contributed by atoms with Gasteiger partial charge < -0.3 is 5.11 Å². The van der Waals surface area contributed by atoms with E-state index in [1.807, 2.05) is 0 Å². The van der Waals surface area contributed by atoms with Crippen LogP contribution >= 0.6 is 0 Å². The highest BCUT2D eigenvalue weighted by atomic mass is 16.3. The molecule has 0 amide bonds. The molecule has 0 aliphatic carbocycles. The monoisotopic (exact) mass is 221 g/mol. The molecule has 0 unspecified atom stereocenters. The van der Waals surface area contributed by atoms with E-state index in [2.05, 4.69) is 57.3 Å². The zero-order chi connectivity index (χ0) is 12.2. The Morgan fingerprint density at radius 2 is 1.75 bits per heavy atom. The number of aliphatic hydroxyl groups is 1. The number of hydrogen-bond acceptors (Lipinski definition) is 2. The molecule has 0 aliphatic heterocycles. The van der Waals surface area contributed by atoms with Crippen molar-refractivity contribution in [2.24, 2.45) is 0 Å². The summed E-state index contributed by atoms with van der Waals surface area (Å²) in [5, 5.41) is 11.8. The third-order valence-corrected chi connectivity index (χ3v) is 3.04. The molecule has 0 atom stereocenters. The number of rotatable bonds is 5. The van der Waals surface area contributed by atoms with E-state index in [4.69, 9.17) is 5.11 Å². The highest BCUT2D eigenvalue weighted by molar-refractivity contribution is 5.29. The molecule has 0 bridgehead atoms. The maximum atomic E-state index is 8.78. The molecule has 0 saturated carbocycles. The largest absolute Gasteiger partial charge is 0.381 e. The molecule has 0 spiro atoms. The Kier molecular flexibility index (Phi) is 4.51. The van der Waals surface area contributed by atoms with Gasteiger partial charge in [-0.1, -0.05) is 52.0 Å². The number of hydrogen-bond donors (Lipinski definition) is 2. The van der Waals surface area contributed by atoms with Crippen molar-refractivity contribution in [2.45, 2.75) is 39.0 Å². The average Bonchev–Trinajstić information content (AvgIpc) is 2.26. The molecule has 0 aromatic heterocycles. The van der Waals surface area contributed by atoms with Crippen LogP contribution in [0.5, 0.6) is 0 Å². The van der Waals surface area contributed by atoms with Crippen molar-refractivity contribution in [3.8, 4) is 0 Å². The van der Waals surface area contributed by atoms with Crippen LogP contribution in [-0.4, -0.2) is 18.4 Å². The van der Waals surface area contributed by atoms with Crippen LogP contribution in [0.15, 0.2) is 24.3 Å². The van der Waals surface area contributed by atoms with Crippen molar-refractivity contribution in [3.05, 3.63) is 35.4 Å². The summed E-state index contributed by atoms with van der Waals surface area (Å²) in [6, 6.07) is 8.77. The van der Waals surface area contributed by atoms with E-state index in [-0.39, 0.29) is 12.1 Å². The first-order valence-corrected chi connectivity index (χ1v) is 5.89. The van der Waals surface area contributed by atoms with Crippen molar-refractivity contribution in [2.75, 3.05) is 13.3 Å². The summed E-state index contributed by atoms with van der Waals surface area (Å²) in [7, 11) is 0. The van der Waals surface area contributed by atoms with Crippen LogP contribution in [0, 0.1) is 0 Å². The molecule has 2 heteroatoms. The van der Waals surface area contributed by atoms with Gasteiger partial charge in [-0.2, -0.15) is 0 Å². The second kappa shape index (κ2) is 5.46. The Hall–Kier alpha value is -0.860. The Morgan fingerprint density at radius 1 is 1.19 bits per heavy atom. The lowest BCUT2D eigenvalue weighted by Gasteiger charge is -2.25. The van der Waals surface area contributed by atoms with E-state index >= 15 is 0 Å². The van der Waals surface area contributed by atoms with Crippen molar-refractivity contribution >= 4 is 0 Å². The molecular weight excluding hydrogens is 198 g/mol. The van der Waals surface area contributed by atoms with Crippen LogP contribution in [0.4, 0.5) is 0 Å². The standard InChI is InChI=1S/C14H23NO/c1-11(2)12-5-7-13(8-6-12)14(3,4)9-15-10-16/h5-8,11,15-16H,9-10H2,1-4H3. The zero-order valence-electron chi connectivity index (χ0n) is 10.7. The highest BCUT2D eigenvalue weighted by Gasteiger charge is 2.19. The normalized spacial score (nSPS) is 12.1. The molecular formula is C14H23NO. The van der Waals surface area contributed by atoms with Crippen molar-refractivity contribution in [1.29, 1.82) is 0 Å². The molecule has 16 heavy (non-hydrogen) atoms. The molecule has 1 aromatic rings. The van der Waals surface area contributed by atoms with Crippen LogP contribution in [-0.2, 0) is 5.41 Å². The fourth-order valence-corrected chi connectivity index (χ4v) is 1.79. The zero-order valence-corrected chi connectivity index (χ0v) is 10.7. The second-order valence-corrected chi connectivity index (χ2v) is 5.25. The maximum Gasteiger partial charge on any atom is 0.0931 e. The van der Waals surface area contributed by atoms with Gasteiger partial charge in [0.05, 0.1) is 6.73 Å². The number of aliphatic hydroxyl groups excluding tert-OH is 1. The highest BCUT2D eigenvalue weighted by Crippen LogP contribution is 2.24. The van der Waals surface area contributed by atoms with Crippen LogP contribution in [0.2, 0.25) is 0 Å². The van der Waals surface area contributed by atoms with Crippen molar-refractivity contribution in [1.82, 2.24) is 5.32 Å². The second-order valence-electron chi connectivity index (χ2n) is 5.25. The Bertz CT molecular complexity index is 314. The first kappa shape index (κ1) is 13.2. The van der Waals surface area contributed by atoms with Gasteiger partial charge in [-0.05, 0) is 17.0 Å². The van der Waals surface area contributed by atoms with Crippen LogP contribution < -0.4 is 5.32 Å². The lowest BCUT2D eigenvalue weighted by Crippen LogP contribution is -2.33. The van der Waals surface area contributed by atoms with Crippen LogP contribution in [0.3, 0.4) is 0 Å². The van der Waals surface area contributed by atoms with Crippen molar-refractivity contribution < 1.29 is 5.11 Å². The van der Waals surface area contributed by atoms with Crippen LogP contribution in [0.1, 0.15) is 44.7 Å². The Balaban J connectivity index is 2.79. The molecule has 0 saturated heterocycles. The quantitative estimate of drug-likeness (QED) is 0.749. The molecule has 2 nitrogen and oxygen atoms in total. The van der Waals surface area contributed by atoms with Gasteiger partial charge in [0.25, 0.3) is 0 Å². The van der Waals surface area contributed by atoms with Gasteiger partial charge in [-0.25, -0.2) is 0 Å². The molecule has 0 fully saturated rings. The molecule has 0 radical (unpaired) electrons. The van der Waals surface area contributed by atoms with E-state index in [0.29, 0.717) is 5.92 Å². The molecule has 0 heterocycles. The first-order chi connectivity index (χ1) is 7.47. The number of benzene rings is 1. The Morgan fingerprint density at radius 3 is 2.19 bits per heavy atom. The topological polar surface area (TPSA) is 32.3 Å². The van der Waals surface area contributed by atoms with E-state index in [1.54, 1.807) is 0 Å². The van der Waals surface area contributed by atoms with Crippen LogP contribution in [0.25, 0.3) is 0 Å². The smallest absolute Gasteiger partial charge is 0.0931 e. The fourth-order valence-electron chi connectivity index (χ4n) is 1.79. The summed E-state index contributed by atoms with van der Waals surface area (Å²) in [5.74, 6) is 0.577. The minimum absolute atomic E-state index is 0.0352. The molecule has 90 valence electrons. The Labute approximate surface area is 98.7 Å². The average molecular weight is 221 g/mol. The predicted octanol–water partition coefficient (Wildman–Crippen LogP) is 2.63. The third kappa shape index (κ3) is 3.32. The molecule has 2 N–H and O–H groups in total. The summed E-state index contributed by atoms with van der Waals surface area (Å²) >= 11 is 0. The van der Waals surface area contributed by atoms with E-state index < -0.39 is 0 Å². The SMILES string of the molecule is CC(C)c1ccc(C(C)(C)CNCO)cc1. The lowest BCUT2D eigenvalue weighted by molar-refractivity contribution is 0.247. The molecule has 1 aromatic carbocycles. The van der Waals surface area contributed by atoms with Gasteiger partial charge in [0, 0.05) is 12.0 Å². The van der Waals surface area contributed by atoms with Crippen molar-refractivity contribution in [3.63, 3.8) is 0 Å². The summed E-state index contributed by atoms with van der Waals surface area (Å²) in [4.78, 5) is 0.